The highest BCUT2D eigenvalue weighted by Crippen LogP contribution is 2.27. The number of carbonyl (C=O) groups is 1. The van der Waals surface area contributed by atoms with Gasteiger partial charge in [0.2, 0.25) is 0 Å². The van der Waals surface area contributed by atoms with Crippen LogP contribution in [0.4, 0.5) is 0 Å². The summed E-state index contributed by atoms with van der Waals surface area (Å²) >= 11 is 1.64. The van der Waals surface area contributed by atoms with Crippen molar-refractivity contribution in [2.75, 3.05) is 13.6 Å². The fraction of sp³-hybridized carbons (Fsp3) is 0.333. The van der Waals surface area contributed by atoms with Crippen LogP contribution in [0.15, 0.2) is 54.3 Å². The maximum Gasteiger partial charge on any atom is 0.253 e. The minimum atomic E-state index is -0.0719. The van der Waals surface area contributed by atoms with Gasteiger partial charge < -0.3 is 10.6 Å². The van der Waals surface area contributed by atoms with Crippen molar-refractivity contribution in [2.24, 2.45) is 11.7 Å². The lowest BCUT2D eigenvalue weighted by molar-refractivity contribution is 0.0784. The van der Waals surface area contributed by atoms with E-state index in [9.17, 15) is 4.79 Å². The van der Waals surface area contributed by atoms with Crippen LogP contribution in [0.2, 0.25) is 0 Å². The number of hydrogen-bond donors (Lipinski definition) is 1. The first-order valence-corrected chi connectivity index (χ1v) is 11.7. The number of carbonyl (C=O) groups excluding carboxylic acids is 1. The van der Waals surface area contributed by atoms with Crippen molar-refractivity contribution in [1.82, 2.24) is 24.5 Å². The predicted molar refractivity (Wildman–Crippen MR) is 129 cm³/mol. The molecule has 0 radical (unpaired) electrons. The fourth-order valence-corrected chi connectivity index (χ4v) is 4.31. The molecule has 0 fully saturated rings. The Morgan fingerprint density at radius 2 is 2.06 bits per heavy atom. The maximum atomic E-state index is 13.0. The number of aromatic nitrogens is 4. The monoisotopic (exact) mass is 448 g/mol. The molecule has 1 unspecified atom stereocenters. The lowest BCUT2D eigenvalue weighted by atomic mass is 10.0. The Morgan fingerprint density at radius 1 is 1.22 bits per heavy atom. The van der Waals surface area contributed by atoms with Crippen molar-refractivity contribution in [2.45, 2.75) is 32.7 Å². The number of nitrogens with zero attached hydrogens (tertiary/aromatic N) is 5. The Morgan fingerprint density at radius 3 is 2.81 bits per heavy atom. The Balaban J connectivity index is 1.57. The van der Waals surface area contributed by atoms with Crippen molar-refractivity contribution < 1.29 is 4.79 Å². The number of fused-ring (bicyclic) bond motifs is 1. The second kappa shape index (κ2) is 9.58. The first-order chi connectivity index (χ1) is 15.4. The Labute approximate surface area is 191 Å². The summed E-state index contributed by atoms with van der Waals surface area (Å²) in [5.74, 6) is 0.530. The Hall–Kier alpha value is -3.10. The zero-order valence-electron chi connectivity index (χ0n) is 18.6. The van der Waals surface area contributed by atoms with Crippen LogP contribution in [0.3, 0.4) is 0 Å². The van der Waals surface area contributed by atoms with Crippen LogP contribution in [0, 0.1) is 5.92 Å². The van der Waals surface area contributed by atoms with Crippen molar-refractivity contribution in [3.63, 3.8) is 0 Å². The van der Waals surface area contributed by atoms with Crippen LogP contribution in [0.5, 0.6) is 0 Å². The average molecular weight is 449 g/mol. The van der Waals surface area contributed by atoms with E-state index in [0.717, 1.165) is 29.0 Å². The summed E-state index contributed by atoms with van der Waals surface area (Å²) in [6, 6.07) is 9.49. The van der Waals surface area contributed by atoms with E-state index in [0.29, 0.717) is 29.4 Å². The zero-order chi connectivity index (χ0) is 22.7. The van der Waals surface area contributed by atoms with Gasteiger partial charge in [-0.25, -0.2) is 9.50 Å². The molecule has 1 atom stereocenters. The van der Waals surface area contributed by atoms with E-state index in [2.05, 4.69) is 23.9 Å². The molecule has 4 aromatic heterocycles. The van der Waals surface area contributed by atoms with Crippen LogP contribution in [0.1, 0.15) is 37.0 Å². The van der Waals surface area contributed by atoms with E-state index in [4.69, 9.17) is 10.7 Å². The molecule has 0 bridgehead atoms. The second-order valence-corrected chi connectivity index (χ2v) is 9.41. The molecule has 0 aliphatic rings. The maximum absolute atomic E-state index is 13.0. The summed E-state index contributed by atoms with van der Waals surface area (Å²) in [6.07, 6.45) is 7.24. The molecular formula is C24H28N6OS. The van der Waals surface area contributed by atoms with Gasteiger partial charge in [0.1, 0.15) is 0 Å². The van der Waals surface area contributed by atoms with Gasteiger partial charge in [-0.15, -0.1) is 11.3 Å². The van der Waals surface area contributed by atoms with Gasteiger partial charge in [0.05, 0.1) is 28.0 Å². The number of nitrogens with two attached hydrogens (primary N) is 1. The molecule has 0 saturated carbocycles. The van der Waals surface area contributed by atoms with Gasteiger partial charge in [0.15, 0.2) is 5.65 Å². The molecule has 4 rings (SSSR count). The summed E-state index contributed by atoms with van der Waals surface area (Å²) < 4.78 is 1.72. The van der Waals surface area contributed by atoms with Crippen molar-refractivity contribution >= 4 is 22.9 Å². The molecule has 8 heteroatoms. The molecule has 7 nitrogen and oxygen atoms in total. The Kier molecular flexibility index (Phi) is 6.62. The molecular weight excluding hydrogens is 420 g/mol. The summed E-state index contributed by atoms with van der Waals surface area (Å²) in [5.41, 5.74) is 9.85. The van der Waals surface area contributed by atoms with Gasteiger partial charge in [-0.3, -0.25) is 9.78 Å². The molecule has 1 amide bonds. The minimum absolute atomic E-state index is 0.0350. The second-order valence-electron chi connectivity index (χ2n) is 8.46. The normalized spacial score (nSPS) is 12.4. The van der Waals surface area contributed by atoms with Crippen LogP contribution in [-0.4, -0.2) is 50.0 Å². The summed E-state index contributed by atoms with van der Waals surface area (Å²) in [5, 5.41) is 6.43. The highest BCUT2D eigenvalue weighted by molar-refractivity contribution is 7.13. The van der Waals surface area contributed by atoms with E-state index in [-0.39, 0.29) is 11.9 Å². The Bertz CT molecular complexity index is 1200. The largest absolute Gasteiger partial charge is 0.340 e. The molecule has 4 heterocycles. The fourth-order valence-electron chi connectivity index (χ4n) is 3.62. The topological polar surface area (TPSA) is 89.4 Å². The molecule has 4 aromatic rings. The van der Waals surface area contributed by atoms with E-state index in [1.54, 1.807) is 52.3 Å². The van der Waals surface area contributed by atoms with Gasteiger partial charge >= 0.3 is 0 Å². The summed E-state index contributed by atoms with van der Waals surface area (Å²) in [4.78, 5) is 25.1. The third-order valence-electron chi connectivity index (χ3n) is 5.40. The van der Waals surface area contributed by atoms with Crippen molar-refractivity contribution in [1.29, 1.82) is 0 Å². The number of rotatable bonds is 8. The first-order valence-electron chi connectivity index (χ1n) is 10.8. The van der Waals surface area contributed by atoms with E-state index in [1.807, 2.05) is 29.8 Å². The summed E-state index contributed by atoms with van der Waals surface area (Å²) in [7, 11) is 1.79. The van der Waals surface area contributed by atoms with Gasteiger partial charge in [-0.05, 0) is 48.4 Å². The van der Waals surface area contributed by atoms with Crippen LogP contribution < -0.4 is 5.73 Å². The lowest BCUT2D eigenvalue weighted by Crippen LogP contribution is -2.38. The molecule has 166 valence electrons. The number of thiophene rings is 1. The molecule has 2 N–H and O–H groups in total. The van der Waals surface area contributed by atoms with Crippen LogP contribution in [0.25, 0.3) is 27.5 Å². The minimum Gasteiger partial charge on any atom is -0.340 e. The van der Waals surface area contributed by atoms with Crippen molar-refractivity contribution in [3.8, 4) is 21.8 Å². The number of amides is 1. The number of hydrogen-bond acceptors (Lipinski definition) is 6. The molecule has 0 spiro atoms. The molecule has 32 heavy (non-hydrogen) atoms. The third-order valence-corrected chi connectivity index (χ3v) is 6.29. The number of likely N-dealkylation sites (N-methyl/N-ethyl adjacent to an activating group) is 1. The van der Waals surface area contributed by atoms with E-state index >= 15 is 0 Å². The van der Waals surface area contributed by atoms with E-state index in [1.165, 1.54) is 0 Å². The highest BCUT2D eigenvalue weighted by Gasteiger charge is 2.18. The molecule has 0 aliphatic heterocycles. The quantitative estimate of drug-likeness (QED) is 0.433. The van der Waals surface area contributed by atoms with Gasteiger partial charge in [-0.1, -0.05) is 19.9 Å². The molecule has 0 aromatic carbocycles. The smallest absolute Gasteiger partial charge is 0.253 e. The van der Waals surface area contributed by atoms with Gasteiger partial charge in [0, 0.05) is 37.6 Å². The van der Waals surface area contributed by atoms with E-state index < -0.39 is 0 Å². The molecule has 0 saturated heterocycles. The van der Waals surface area contributed by atoms with Crippen LogP contribution >= 0.6 is 11.3 Å². The first kappa shape index (κ1) is 22.1. The van der Waals surface area contributed by atoms with Gasteiger partial charge in [-0.2, -0.15) is 5.10 Å². The van der Waals surface area contributed by atoms with Gasteiger partial charge in [0.25, 0.3) is 5.91 Å². The highest BCUT2D eigenvalue weighted by atomic mass is 32.1. The molecule has 0 aliphatic carbocycles. The standard InChI is InChI=1S/C24H28N6OS/c1-16(2)6-7-18(25)15-29(3)24(31)17-8-10-26-21(13-17)19-14-27-30-11-9-20(28-23(19)30)22-5-4-12-32-22/h4-5,8-14,16,18H,6-7,15,25H2,1-3H3. The average Bonchev–Trinajstić information content (AvgIpc) is 3.47. The SMILES string of the molecule is CC(C)CCC(N)CN(C)C(=O)c1ccnc(-c2cnn3ccc(-c4cccs4)nc23)c1. The summed E-state index contributed by atoms with van der Waals surface area (Å²) in [6.45, 7) is 4.88. The lowest BCUT2D eigenvalue weighted by Gasteiger charge is -2.22. The zero-order valence-corrected chi connectivity index (χ0v) is 19.4. The predicted octanol–water partition coefficient (Wildman–Crippen LogP) is 4.36. The number of pyridine rings is 1. The van der Waals surface area contributed by atoms with Crippen LogP contribution in [-0.2, 0) is 0 Å². The third kappa shape index (κ3) is 4.87. The van der Waals surface area contributed by atoms with Crippen molar-refractivity contribution in [3.05, 3.63) is 59.9 Å².